The second kappa shape index (κ2) is 11.8. The summed E-state index contributed by atoms with van der Waals surface area (Å²) in [6.07, 6.45) is -0.189. The molecule has 0 saturated heterocycles. The molecule has 182 valence electrons. The van der Waals surface area contributed by atoms with E-state index in [1.54, 1.807) is 18.2 Å². The van der Waals surface area contributed by atoms with E-state index in [-0.39, 0.29) is 18.4 Å². The van der Waals surface area contributed by atoms with E-state index < -0.39 is 18.0 Å². The molecular weight excluding hydrogens is 452 g/mol. The van der Waals surface area contributed by atoms with Crippen LogP contribution in [0, 0.1) is 11.3 Å². The fraction of sp³-hybridized carbons (Fsp3) is 0.320. The van der Waals surface area contributed by atoms with Crippen LogP contribution in [0.4, 0.5) is 0 Å². The summed E-state index contributed by atoms with van der Waals surface area (Å²) in [6, 6.07) is 13.8. The average molecular weight is 479 g/mol. The van der Waals surface area contributed by atoms with E-state index in [0.29, 0.717) is 29.2 Å². The molecule has 10 nitrogen and oxygen atoms in total. The van der Waals surface area contributed by atoms with Gasteiger partial charge >= 0.3 is 11.9 Å². The second-order valence-electron chi connectivity index (χ2n) is 7.85. The number of carbonyl (C=O) groups excluding carboxylic acids is 2. The number of nitrogens with zero attached hydrogens (tertiary/aromatic N) is 3. The maximum absolute atomic E-state index is 11.9. The Bertz CT molecular complexity index is 1210. The van der Waals surface area contributed by atoms with Gasteiger partial charge in [0.25, 0.3) is 5.89 Å². The maximum atomic E-state index is 11.9. The third kappa shape index (κ3) is 6.65. The first-order chi connectivity index (χ1) is 16.8. The van der Waals surface area contributed by atoms with Crippen molar-refractivity contribution in [3.8, 4) is 34.7 Å². The Kier molecular flexibility index (Phi) is 8.53. The summed E-state index contributed by atoms with van der Waals surface area (Å²) in [7, 11) is 2.52. The van der Waals surface area contributed by atoms with Crippen molar-refractivity contribution >= 4 is 11.9 Å². The Labute approximate surface area is 202 Å². The Morgan fingerprint density at radius 1 is 1.09 bits per heavy atom. The molecule has 0 spiro atoms. The van der Waals surface area contributed by atoms with Gasteiger partial charge in [-0.2, -0.15) is 10.2 Å². The monoisotopic (exact) mass is 478 g/mol. The summed E-state index contributed by atoms with van der Waals surface area (Å²) in [5.41, 5.74) is 2.58. The molecule has 0 saturated carbocycles. The van der Waals surface area contributed by atoms with Crippen molar-refractivity contribution in [3.63, 3.8) is 0 Å². The molecule has 0 bridgehead atoms. The number of benzene rings is 2. The Balaban J connectivity index is 1.70. The van der Waals surface area contributed by atoms with Crippen LogP contribution in [0.3, 0.4) is 0 Å². The molecule has 0 aliphatic heterocycles. The summed E-state index contributed by atoms with van der Waals surface area (Å²) >= 11 is 0. The van der Waals surface area contributed by atoms with Gasteiger partial charge in [0.1, 0.15) is 17.9 Å². The van der Waals surface area contributed by atoms with Gasteiger partial charge in [-0.15, -0.1) is 0 Å². The third-order valence-electron chi connectivity index (χ3n) is 4.98. The minimum absolute atomic E-state index is 0.0553. The van der Waals surface area contributed by atoms with Gasteiger partial charge < -0.3 is 18.7 Å². The van der Waals surface area contributed by atoms with E-state index in [1.807, 2.05) is 38.1 Å². The topological polar surface area (TPSA) is 137 Å². The van der Waals surface area contributed by atoms with Crippen LogP contribution < -0.4 is 10.1 Å². The van der Waals surface area contributed by atoms with Gasteiger partial charge in [-0.1, -0.05) is 29.4 Å². The van der Waals surface area contributed by atoms with E-state index in [0.717, 1.165) is 11.1 Å². The van der Waals surface area contributed by atoms with E-state index >= 15 is 0 Å². The van der Waals surface area contributed by atoms with Crippen molar-refractivity contribution in [2.75, 3.05) is 14.2 Å². The lowest BCUT2D eigenvalue weighted by molar-refractivity contribution is -0.149. The smallest absolute Gasteiger partial charge is 0.323 e. The summed E-state index contributed by atoms with van der Waals surface area (Å²) in [5.74, 6) is 0.103. The van der Waals surface area contributed by atoms with E-state index in [4.69, 9.17) is 14.0 Å². The van der Waals surface area contributed by atoms with E-state index in [2.05, 4.69) is 26.3 Å². The Morgan fingerprint density at radius 3 is 2.43 bits per heavy atom. The molecule has 0 fully saturated rings. The van der Waals surface area contributed by atoms with Gasteiger partial charge in [0, 0.05) is 17.7 Å². The van der Waals surface area contributed by atoms with Crippen LogP contribution in [0.1, 0.15) is 31.4 Å². The highest BCUT2D eigenvalue weighted by molar-refractivity contribution is 5.82. The molecule has 1 heterocycles. The van der Waals surface area contributed by atoms with Gasteiger partial charge in [0.15, 0.2) is 0 Å². The molecule has 0 amide bonds. The predicted octanol–water partition coefficient (Wildman–Crippen LogP) is 3.26. The van der Waals surface area contributed by atoms with Gasteiger partial charge in [-0.05, 0) is 37.6 Å². The highest BCUT2D eigenvalue weighted by Crippen LogP contribution is 2.28. The molecule has 0 unspecified atom stereocenters. The van der Waals surface area contributed by atoms with Crippen molar-refractivity contribution in [3.05, 3.63) is 53.6 Å². The van der Waals surface area contributed by atoms with Crippen molar-refractivity contribution in [2.24, 2.45) is 0 Å². The molecule has 3 aromatic rings. The van der Waals surface area contributed by atoms with Gasteiger partial charge in [0.2, 0.25) is 5.82 Å². The fourth-order valence-corrected chi connectivity index (χ4v) is 3.21. The van der Waals surface area contributed by atoms with Crippen LogP contribution in [0.2, 0.25) is 0 Å². The zero-order valence-corrected chi connectivity index (χ0v) is 19.9. The van der Waals surface area contributed by atoms with Crippen molar-refractivity contribution in [2.45, 2.75) is 39.0 Å². The number of nitriles is 1. The predicted molar refractivity (Wildman–Crippen MR) is 125 cm³/mol. The molecule has 1 N–H and O–H groups in total. The number of carbonyl (C=O) groups is 2. The van der Waals surface area contributed by atoms with E-state index in [1.165, 1.54) is 14.2 Å². The number of rotatable bonds is 10. The van der Waals surface area contributed by atoms with Crippen LogP contribution in [0.15, 0.2) is 47.0 Å². The summed E-state index contributed by atoms with van der Waals surface area (Å²) in [6.45, 7) is 4.11. The third-order valence-corrected chi connectivity index (χ3v) is 4.98. The summed E-state index contributed by atoms with van der Waals surface area (Å²) in [4.78, 5) is 27.9. The Morgan fingerprint density at radius 2 is 1.80 bits per heavy atom. The number of aromatic nitrogens is 2. The zero-order chi connectivity index (χ0) is 25.4. The molecule has 35 heavy (non-hydrogen) atoms. The van der Waals surface area contributed by atoms with Gasteiger partial charge in [0.05, 0.1) is 32.3 Å². The molecule has 0 aliphatic carbocycles. The van der Waals surface area contributed by atoms with Crippen LogP contribution in [0.5, 0.6) is 5.75 Å². The number of nitrogens with one attached hydrogen (secondary N) is 1. The number of esters is 2. The molecular formula is C25H26N4O6. The minimum atomic E-state index is -0.817. The normalized spacial score (nSPS) is 11.5. The lowest BCUT2D eigenvalue weighted by Crippen LogP contribution is -2.39. The van der Waals surface area contributed by atoms with Crippen molar-refractivity contribution < 1.29 is 28.3 Å². The largest absolute Gasteiger partial charge is 0.490 e. The molecule has 3 rings (SSSR count). The van der Waals surface area contributed by atoms with Gasteiger partial charge in [-0.3, -0.25) is 14.9 Å². The number of hydrogen-bond donors (Lipinski definition) is 1. The summed E-state index contributed by atoms with van der Waals surface area (Å²) < 4.78 is 20.4. The SMILES string of the molecule is COC(=O)C[C@H](NCc1ccc(-c2noc(-c3ccc(OC(C)C)c(C#N)c3)n2)cc1)C(=O)OC. The molecule has 0 radical (unpaired) electrons. The number of ether oxygens (including phenoxy) is 3. The standard InChI is InChI=1S/C25H26N4O6/c1-15(2)34-21-10-9-18(11-19(21)13-26)24-28-23(29-35-24)17-7-5-16(6-8-17)14-27-20(25(31)33-4)12-22(30)32-3/h5-11,15,20,27H,12,14H2,1-4H3/t20-/m0/s1. The number of hydrogen-bond acceptors (Lipinski definition) is 10. The van der Waals surface area contributed by atoms with Crippen LogP contribution >= 0.6 is 0 Å². The minimum Gasteiger partial charge on any atom is -0.490 e. The molecule has 1 atom stereocenters. The molecule has 1 aromatic heterocycles. The number of methoxy groups -OCH3 is 2. The second-order valence-corrected chi connectivity index (χ2v) is 7.85. The van der Waals surface area contributed by atoms with Crippen LogP contribution in [-0.2, 0) is 25.6 Å². The quantitative estimate of drug-likeness (QED) is 0.432. The molecule has 2 aromatic carbocycles. The molecule has 0 aliphatic rings. The Hall–Kier alpha value is -4.23. The highest BCUT2D eigenvalue weighted by Gasteiger charge is 2.22. The first-order valence-electron chi connectivity index (χ1n) is 10.9. The fourth-order valence-electron chi connectivity index (χ4n) is 3.21. The zero-order valence-electron chi connectivity index (χ0n) is 19.9. The van der Waals surface area contributed by atoms with E-state index in [9.17, 15) is 14.9 Å². The lowest BCUT2D eigenvalue weighted by atomic mass is 10.1. The average Bonchev–Trinajstić information content (AvgIpc) is 3.36. The molecule has 10 heteroatoms. The van der Waals surface area contributed by atoms with Gasteiger partial charge in [-0.25, -0.2) is 0 Å². The maximum Gasteiger partial charge on any atom is 0.323 e. The van der Waals surface area contributed by atoms with Crippen LogP contribution in [-0.4, -0.2) is 48.4 Å². The first-order valence-corrected chi connectivity index (χ1v) is 10.9. The first kappa shape index (κ1) is 25.4. The van der Waals surface area contributed by atoms with Crippen LogP contribution in [0.25, 0.3) is 22.8 Å². The lowest BCUT2D eigenvalue weighted by Gasteiger charge is -2.15. The highest BCUT2D eigenvalue weighted by atomic mass is 16.5. The summed E-state index contributed by atoms with van der Waals surface area (Å²) in [5, 5.41) is 16.5. The van der Waals surface area contributed by atoms with Crippen molar-refractivity contribution in [1.29, 1.82) is 5.26 Å². The van der Waals surface area contributed by atoms with Crippen molar-refractivity contribution in [1.82, 2.24) is 15.5 Å².